The Balaban J connectivity index is 2.92. The zero-order valence-corrected chi connectivity index (χ0v) is 7.83. The Morgan fingerprint density at radius 1 is 1.40 bits per heavy atom. The summed E-state index contributed by atoms with van der Waals surface area (Å²) in [5.74, 6) is 0. The second kappa shape index (κ2) is 3.48. The normalized spacial score (nSPS) is 10.3. The van der Waals surface area contributed by atoms with Crippen molar-refractivity contribution in [2.45, 2.75) is 13.1 Å². The molecule has 0 saturated heterocycles. The maximum Gasteiger partial charge on any atom is 0.0746 e. The van der Waals surface area contributed by atoms with Crippen LogP contribution in [0.15, 0.2) is 9.85 Å². The first-order valence-electron chi connectivity index (χ1n) is 2.95. The van der Waals surface area contributed by atoms with Gasteiger partial charge in [-0.05, 0) is 27.6 Å². The van der Waals surface area contributed by atoms with Crippen molar-refractivity contribution in [3.05, 3.63) is 20.3 Å². The molecule has 56 valence electrons. The lowest BCUT2D eigenvalue weighted by Gasteiger charge is -1.86. The van der Waals surface area contributed by atoms with Crippen LogP contribution >= 0.6 is 27.3 Å². The van der Waals surface area contributed by atoms with Crippen LogP contribution in [-0.2, 0) is 13.1 Å². The Labute approximate surface area is 72.3 Å². The average molecular weight is 221 g/mol. The second-order valence-electron chi connectivity index (χ2n) is 1.92. The van der Waals surface area contributed by atoms with Gasteiger partial charge in [-0.25, -0.2) is 0 Å². The SMILES string of the molecule is NCc1cc(CN)c(Br)s1. The van der Waals surface area contributed by atoms with E-state index in [9.17, 15) is 0 Å². The molecule has 1 heterocycles. The summed E-state index contributed by atoms with van der Waals surface area (Å²) in [5.41, 5.74) is 12.0. The monoisotopic (exact) mass is 220 g/mol. The molecule has 0 atom stereocenters. The molecule has 0 saturated carbocycles. The fourth-order valence-corrected chi connectivity index (χ4v) is 2.39. The molecule has 0 aromatic carbocycles. The van der Waals surface area contributed by atoms with E-state index in [1.807, 2.05) is 6.07 Å². The van der Waals surface area contributed by atoms with E-state index in [0.29, 0.717) is 13.1 Å². The van der Waals surface area contributed by atoms with Crippen LogP contribution in [0.4, 0.5) is 0 Å². The van der Waals surface area contributed by atoms with Gasteiger partial charge in [0.1, 0.15) is 0 Å². The molecule has 2 nitrogen and oxygen atoms in total. The van der Waals surface area contributed by atoms with Gasteiger partial charge in [-0.1, -0.05) is 0 Å². The molecule has 4 N–H and O–H groups in total. The summed E-state index contributed by atoms with van der Waals surface area (Å²) >= 11 is 5.05. The van der Waals surface area contributed by atoms with Gasteiger partial charge in [0, 0.05) is 18.0 Å². The van der Waals surface area contributed by atoms with Crippen LogP contribution in [0.1, 0.15) is 10.4 Å². The van der Waals surface area contributed by atoms with E-state index in [-0.39, 0.29) is 0 Å². The standard InChI is InChI=1S/C6H9BrN2S/c7-6-4(2-8)1-5(3-9)10-6/h1H,2-3,8-9H2. The van der Waals surface area contributed by atoms with E-state index in [0.717, 1.165) is 9.35 Å². The molecule has 0 aliphatic carbocycles. The van der Waals surface area contributed by atoms with Gasteiger partial charge in [0.2, 0.25) is 0 Å². The molecule has 0 fully saturated rings. The fraction of sp³-hybridized carbons (Fsp3) is 0.333. The lowest BCUT2D eigenvalue weighted by molar-refractivity contribution is 1.06. The number of halogens is 1. The average Bonchev–Trinajstić information content (AvgIpc) is 2.30. The third kappa shape index (κ3) is 1.58. The largest absolute Gasteiger partial charge is 0.326 e. The first kappa shape index (κ1) is 8.20. The van der Waals surface area contributed by atoms with Crippen molar-refractivity contribution in [2.24, 2.45) is 11.5 Å². The van der Waals surface area contributed by atoms with E-state index in [1.54, 1.807) is 11.3 Å². The van der Waals surface area contributed by atoms with Gasteiger partial charge < -0.3 is 11.5 Å². The maximum atomic E-state index is 5.45. The first-order chi connectivity index (χ1) is 4.77. The zero-order valence-electron chi connectivity index (χ0n) is 5.43. The molecule has 0 aliphatic rings. The van der Waals surface area contributed by atoms with Crippen molar-refractivity contribution < 1.29 is 0 Å². The van der Waals surface area contributed by atoms with Gasteiger partial charge in [-0.3, -0.25) is 0 Å². The Hall–Kier alpha value is 0.1000. The second-order valence-corrected chi connectivity index (χ2v) is 4.37. The number of hydrogen-bond acceptors (Lipinski definition) is 3. The Bertz CT molecular complexity index is 222. The lowest BCUT2D eigenvalue weighted by atomic mass is 10.3. The maximum absolute atomic E-state index is 5.45. The van der Waals surface area contributed by atoms with E-state index < -0.39 is 0 Å². The van der Waals surface area contributed by atoms with E-state index in [4.69, 9.17) is 11.5 Å². The highest BCUT2D eigenvalue weighted by Gasteiger charge is 2.02. The highest BCUT2D eigenvalue weighted by molar-refractivity contribution is 9.11. The Morgan fingerprint density at radius 2 is 2.10 bits per heavy atom. The molecule has 4 heteroatoms. The Kier molecular flexibility index (Phi) is 2.85. The predicted molar refractivity (Wildman–Crippen MR) is 47.8 cm³/mol. The van der Waals surface area contributed by atoms with Crippen LogP contribution < -0.4 is 11.5 Å². The Morgan fingerprint density at radius 3 is 2.40 bits per heavy atom. The van der Waals surface area contributed by atoms with Crippen LogP contribution in [-0.4, -0.2) is 0 Å². The molecule has 1 aromatic heterocycles. The van der Waals surface area contributed by atoms with Crippen LogP contribution in [0.3, 0.4) is 0 Å². The fourth-order valence-electron chi connectivity index (χ4n) is 0.701. The summed E-state index contributed by atoms with van der Waals surface area (Å²) in [6, 6.07) is 2.04. The number of rotatable bonds is 2. The molecule has 0 amide bonds. The van der Waals surface area contributed by atoms with Gasteiger partial charge in [0.05, 0.1) is 3.79 Å². The van der Waals surface area contributed by atoms with Crippen LogP contribution in [0.5, 0.6) is 0 Å². The van der Waals surface area contributed by atoms with Crippen molar-refractivity contribution in [1.82, 2.24) is 0 Å². The van der Waals surface area contributed by atoms with Crippen molar-refractivity contribution in [2.75, 3.05) is 0 Å². The molecule has 1 rings (SSSR count). The predicted octanol–water partition coefficient (Wildman–Crippen LogP) is 1.43. The van der Waals surface area contributed by atoms with Crippen molar-refractivity contribution in [1.29, 1.82) is 0 Å². The van der Waals surface area contributed by atoms with Crippen LogP contribution in [0.2, 0.25) is 0 Å². The van der Waals surface area contributed by atoms with Gasteiger partial charge >= 0.3 is 0 Å². The third-order valence-electron chi connectivity index (χ3n) is 1.23. The lowest BCUT2D eigenvalue weighted by Crippen LogP contribution is -1.95. The summed E-state index contributed by atoms with van der Waals surface area (Å²) in [4.78, 5) is 1.17. The molecular weight excluding hydrogens is 212 g/mol. The summed E-state index contributed by atoms with van der Waals surface area (Å²) in [7, 11) is 0. The summed E-state index contributed by atoms with van der Waals surface area (Å²) < 4.78 is 1.11. The molecule has 0 aliphatic heterocycles. The van der Waals surface area contributed by atoms with Gasteiger partial charge in [0.25, 0.3) is 0 Å². The molecule has 0 radical (unpaired) electrons. The number of hydrogen-bond donors (Lipinski definition) is 2. The third-order valence-corrected chi connectivity index (χ3v) is 3.21. The summed E-state index contributed by atoms with van der Waals surface area (Å²) in [6.07, 6.45) is 0. The molecule has 0 spiro atoms. The van der Waals surface area contributed by atoms with Crippen LogP contribution in [0, 0.1) is 0 Å². The number of nitrogens with two attached hydrogens (primary N) is 2. The minimum atomic E-state index is 0.580. The molecule has 10 heavy (non-hydrogen) atoms. The van der Waals surface area contributed by atoms with E-state index in [1.165, 1.54) is 4.88 Å². The molecular formula is C6H9BrN2S. The van der Waals surface area contributed by atoms with Crippen molar-refractivity contribution in [3.8, 4) is 0 Å². The highest BCUT2D eigenvalue weighted by atomic mass is 79.9. The summed E-state index contributed by atoms with van der Waals surface area (Å²) in [6.45, 7) is 1.18. The highest BCUT2D eigenvalue weighted by Crippen LogP contribution is 2.27. The minimum Gasteiger partial charge on any atom is -0.326 e. The van der Waals surface area contributed by atoms with Gasteiger partial charge in [0.15, 0.2) is 0 Å². The first-order valence-corrected chi connectivity index (χ1v) is 4.56. The quantitative estimate of drug-likeness (QED) is 0.793. The molecule has 1 aromatic rings. The van der Waals surface area contributed by atoms with Crippen molar-refractivity contribution in [3.63, 3.8) is 0 Å². The van der Waals surface area contributed by atoms with Crippen LogP contribution in [0.25, 0.3) is 0 Å². The van der Waals surface area contributed by atoms with E-state index in [2.05, 4.69) is 15.9 Å². The number of thiophene rings is 1. The van der Waals surface area contributed by atoms with Gasteiger partial charge in [-0.15, -0.1) is 11.3 Å². The topological polar surface area (TPSA) is 52.0 Å². The van der Waals surface area contributed by atoms with Gasteiger partial charge in [-0.2, -0.15) is 0 Å². The smallest absolute Gasteiger partial charge is 0.0746 e. The zero-order chi connectivity index (χ0) is 7.56. The van der Waals surface area contributed by atoms with Crippen molar-refractivity contribution >= 4 is 27.3 Å². The van der Waals surface area contributed by atoms with E-state index >= 15 is 0 Å². The minimum absolute atomic E-state index is 0.580. The summed E-state index contributed by atoms with van der Waals surface area (Å²) in [5, 5.41) is 0. The molecule has 0 unspecified atom stereocenters. The molecule has 0 bridgehead atoms.